The molecular formula is C16H17N5OS. The molecule has 0 aliphatic heterocycles. The van der Waals surface area contributed by atoms with Crippen LogP contribution < -0.4 is 5.32 Å². The molecule has 1 N–H and O–H groups in total. The molecule has 3 aromatic rings. The Morgan fingerprint density at radius 2 is 2.13 bits per heavy atom. The summed E-state index contributed by atoms with van der Waals surface area (Å²) in [6.45, 7) is 0. The van der Waals surface area contributed by atoms with Crippen molar-refractivity contribution in [2.24, 2.45) is 0 Å². The van der Waals surface area contributed by atoms with Gasteiger partial charge >= 0.3 is 0 Å². The Kier molecular flexibility index (Phi) is 4.87. The average molecular weight is 327 g/mol. The number of pyridine rings is 2. The van der Waals surface area contributed by atoms with E-state index in [1.807, 2.05) is 35.1 Å². The lowest BCUT2D eigenvalue weighted by atomic mass is 10.2. The maximum absolute atomic E-state index is 12.4. The summed E-state index contributed by atoms with van der Waals surface area (Å²) in [6, 6.07) is 10.8. The molecule has 7 heteroatoms. The molecule has 0 saturated heterocycles. The number of amides is 1. The van der Waals surface area contributed by atoms with E-state index in [0.717, 1.165) is 23.6 Å². The zero-order valence-corrected chi connectivity index (χ0v) is 13.5. The number of hydrogen-bond acceptors (Lipinski definition) is 5. The van der Waals surface area contributed by atoms with Crippen molar-refractivity contribution in [3.63, 3.8) is 0 Å². The first kappa shape index (κ1) is 15.5. The number of thioether (sulfide) groups is 1. The topological polar surface area (TPSA) is 72.2 Å². The molecule has 118 valence electrons. The minimum absolute atomic E-state index is 0.204. The summed E-state index contributed by atoms with van der Waals surface area (Å²) in [6.07, 6.45) is 6.33. The maximum atomic E-state index is 12.4. The fourth-order valence-corrected chi connectivity index (χ4v) is 2.80. The number of hydrogen-bond donors (Lipinski definition) is 1. The van der Waals surface area contributed by atoms with Gasteiger partial charge < -0.3 is 5.32 Å². The van der Waals surface area contributed by atoms with E-state index in [1.165, 1.54) is 0 Å². The van der Waals surface area contributed by atoms with Gasteiger partial charge in [0.25, 0.3) is 5.91 Å². The Bertz CT molecular complexity index is 789. The first-order valence-electron chi connectivity index (χ1n) is 7.30. The molecule has 1 unspecified atom stereocenters. The van der Waals surface area contributed by atoms with Crippen LogP contribution in [0.5, 0.6) is 0 Å². The monoisotopic (exact) mass is 327 g/mol. The second kappa shape index (κ2) is 7.23. The SMILES string of the molecule is CSCCC(NC(=O)c1ccccn1)c1nnc2ccccn12. The van der Waals surface area contributed by atoms with Crippen molar-refractivity contribution in [2.75, 3.05) is 12.0 Å². The Morgan fingerprint density at radius 3 is 2.91 bits per heavy atom. The molecule has 3 heterocycles. The Labute approximate surface area is 138 Å². The van der Waals surface area contributed by atoms with Crippen molar-refractivity contribution in [1.82, 2.24) is 24.9 Å². The molecule has 0 bridgehead atoms. The third-order valence-corrected chi connectivity index (χ3v) is 4.11. The van der Waals surface area contributed by atoms with Crippen molar-refractivity contribution in [2.45, 2.75) is 12.5 Å². The average Bonchev–Trinajstić information content (AvgIpc) is 3.03. The minimum atomic E-state index is -0.214. The van der Waals surface area contributed by atoms with Gasteiger partial charge in [0.15, 0.2) is 11.5 Å². The first-order valence-corrected chi connectivity index (χ1v) is 8.69. The van der Waals surface area contributed by atoms with Crippen LogP contribution in [-0.4, -0.2) is 37.5 Å². The van der Waals surface area contributed by atoms with Crippen LogP contribution in [-0.2, 0) is 0 Å². The van der Waals surface area contributed by atoms with E-state index in [1.54, 1.807) is 36.2 Å². The van der Waals surface area contributed by atoms with E-state index >= 15 is 0 Å². The van der Waals surface area contributed by atoms with Gasteiger partial charge in [-0.15, -0.1) is 10.2 Å². The Morgan fingerprint density at radius 1 is 1.26 bits per heavy atom. The molecule has 0 saturated carbocycles. The lowest BCUT2D eigenvalue weighted by Gasteiger charge is -2.16. The second-order valence-electron chi connectivity index (χ2n) is 5.01. The molecule has 6 nitrogen and oxygen atoms in total. The normalized spacial score (nSPS) is 12.2. The van der Waals surface area contributed by atoms with Crippen molar-refractivity contribution in [3.8, 4) is 0 Å². The van der Waals surface area contributed by atoms with Gasteiger partial charge in [-0.1, -0.05) is 12.1 Å². The summed E-state index contributed by atoms with van der Waals surface area (Å²) in [5, 5.41) is 11.5. The largest absolute Gasteiger partial charge is 0.341 e. The molecule has 0 aromatic carbocycles. The van der Waals surface area contributed by atoms with Crippen molar-refractivity contribution in [3.05, 3.63) is 60.3 Å². The molecule has 3 rings (SSSR count). The van der Waals surface area contributed by atoms with E-state index in [0.29, 0.717) is 5.69 Å². The van der Waals surface area contributed by atoms with Crippen LogP contribution in [0.3, 0.4) is 0 Å². The van der Waals surface area contributed by atoms with Crippen LogP contribution in [0.15, 0.2) is 48.8 Å². The molecule has 3 aromatic heterocycles. The molecule has 0 aliphatic carbocycles. The lowest BCUT2D eigenvalue weighted by molar-refractivity contribution is 0.0928. The summed E-state index contributed by atoms with van der Waals surface area (Å²) in [7, 11) is 0. The molecule has 0 radical (unpaired) electrons. The number of nitrogens with zero attached hydrogens (tertiary/aromatic N) is 4. The highest BCUT2D eigenvalue weighted by atomic mass is 32.2. The van der Waals surface area contributed by atoms with Gasteiger partial charge in [-0.25, -0.2) is 0 Å². The number of nitrogens with one attached hydrogen (secondary N) is 1. The third-order valence-electron chi connectivity index (χ3n) is 3.47. The number of fused-ring (bicyclic) bond motifs is 1. The first-order chi connectivity index (χ1) is 11.3. The molecule has 1 atom stereocenters. The van der Waals surface area contributed by atoms with Crippen LogP contribution in [0.2, 0.25) is 0 Å². The van der Waals surface area contributed by atoms with E-state index in [9.17, 15) is 4.79 Å². The summed E-state index contributed by atoms with van der Waals surface area (Å²) >= 11 is 1.73. The van der Waals surface area contributed by atoms with E-state index in [-0.39, 0.29) is 11.9 Å². The van der Waals surface area contributed by atoms with E-state index < -0.39 is 0 Å². The fraction of sp³-hybridized carbons (Fsp3) is 0.250. The smallest absolute Gasteiger partial charge is 0.270 e. The Balaban J connectivity index is 1.87. The van der Waals surface area contributed by atoms with Crippen LogP contribution in [0, 0.1) is 0 Å². The predicted molar refractivity (Wildman–Crippen MR) is 90.4 cm³/mol. The Hall–Kier alpha value is -2.41. The fourth-order valence-electron chi connectivity index (χ4n) is 2.33. The lowest BCUT2D eigenvalue weighted by Crippen LogP contribution is -2.31. The minimum Gasteiger partial charge on any atom is -0.341 e. The highest BCUT2D eigenvalue weighted by Crippen LogP contribution is 2.18. The summed E-state index contributed by atoms with van der Waals surface area (Å²) in [5.74, 6) is 1.44. The van der Waals surface area contributed by atoms with Crippen LogP contribution >= 0.6 is 11.8 Å². The molecule has 0 fully saturated rings. The number of aromatic nitrogens is 4. The summed E-state index contributed by atoms with van der Waals surface area (Å²) in [4.78, 5) is 16.5. The van der Waals surface area contributed by atoms with Gasteiger partial charge in [0, 0.05) is 12.4 Å². The summed E-state index contributed by atoms with van der Waals surface area (Å²) < 4.78 is 1.91. The standard InChI is InChI=1S/C16H17N5OS/c1-23-11-8-12(18-16(22)13-6-2-4-9-17-13)15-20-19-14-7-3-5-10-21(14)15/h2-7,9-10,12H,8,11H2,1H3,(H,18,22). The van der Waals surface area contributed by atoms with Gasteiger partial charge in [0.1, 0.15) is 5.69 Å². The van der Waals surface area contributed by atoms with Gasteiger partial charge in [-0.05, 0) is 42.7 Å². The third kappa shape index (κ3) is 3.50. The molecule has 0 aliphatic rings. The zero-order chi connectivity index (χ0) is 16.1. The van der Waals surface area contributed by atoms with Crippen molar-refractivity contribution >= 4 is 23.3 Å². The highest BCUT2D eigenvalue weighted by molar-refractivity contribution is 7.98. The molecule has 23 heavy (non-hydrogen) atoms. The van der Waals surface area contributed by atoms with Gasteiger partial charge in [-0.2, -0.15) is 11.8 Å². The van der Waals surface area contributed by atoms with E-state index in [2.05, 4.69) is 20.5 Å². The number of carbonyl (C=O) groups excluding carboxylic acids is 1. The summed E-state index contributed by atoms with van der Waals surface area (Å²) in [5.41, 5.74) is 1.17. The van der Waals surface area contributed by atoms with Crippen LogP contribution in [0.25, 0.3) is 5.65 Å². The van der Waals surface area contributed by atoms with Gasteiger partial charge in [0.05, 0.1) is 6.04 Å². The van der Waals surface area contributed by atoms with Crippen LogP contribution in [0.4, 0.5) is 0 Å². The van der Waals surface area contributed by atoms with Crippen molar-refractivity contribution < 1.29 is 4.79 Å². The van der Waals surface area contributed by atoms with Gasteiger partial charge in [0.2, 0.25) is 0 Å². The maximum Gasteiger partial charge on any atom is 0.270 e. The number of rotatable bonds is 6. The number of carbonyl (C=O) groups is 1. The second-order valence-corrected chi connectivity index (χ2v) is 6.00. The quantitative estimate of drug-likeness (QED) is 0.752. The zero-order valence-electron chi connectivity index (χ0n) is 12.7. The predicted octanol–water partition coefficient (Wildman–Crippen LogP) is 2.35. The molecular weight excluding hydrogens is 310 g/mol. The van der Waals surface area contributed by atoms with Gasteiger partial charge in [-0.3, -0.25) is 14.2 Å². The molecule has 1 amide bonds. The van der Waals surface area contributed by atoms with Crippen molar-refractivity contribution in [1.29, 1.82) is 0 Å². The van der Waals surface area contributed by atoms with E-state index in [4.69, 9.17) is 0 Å². The highest BCUT2D eigenvalue weighted by Gasteiger charge is 2.21. The molecule has 0 spiro atoms. The van der Waals surface area contributed by atoms with Crippen LogP contribution in [0.1, 0.15) is 28.8 Å².